The molecule has 0 saturated carbocycles. The molecule has 1 heterocycles. The van der Waals surface area contributed by atoms with E-state index in [0.29, 0.717) is 0 Å². The Labute approximate surface area is 85.9 Å². The van der Waals surface area contributed by atoms with Crippen LogP contribution in [0.1, 0.15) is 6.42 Å². The SMILES string of the molecule is CN1CC(CCNc2ccccc2)C1. The molecular formula is C12H18N2. The Morgan fingerprint density at radius 2 is 2.00 bits per heavy atom. The molecule has 1 N–H and O–H groups in total. The molecule has 2 nitrogen and oxygen atoms in total. The number of nitrogens with one attached hydrogen (secondary N) is 1. The van der Waals surface area contributed by atoms with Crippen LogP contribution in [0.25, 0.3) is 0 Å². The van der Waals surface area contributed by atoms with Crippen molar-refractivity contribution in [1.29, 1.82) is 0 Å². The molecule has 1 saturated heterocycles. The highest BCUT2D eigenvalue weighted by atomic mass is 15.2. The molecule has 1 fully saturated rings. The molecule has 0 unspecified atom stereocenters. The number of anilines is 1. The van der Waals surface area contributed by atoms with Crippen molar-refractivity contribution in [3.05, 3.63) is 30.3 Å². The molecule has 76 valence electrons. The van der Waals surface area contributed by atoms with Crippen molar-refractivity contribution in [2.75, 3.05) is 32.0 Å². The minimum Gasteiger partial charge on any atom is -0.385 e. The van der Waals surface area contributed by atoms with Crippen molar-refractivity contribution in [1.82, 2.24) is 4.90 Å². The van der Waals surface area contributed by atoms with Gasteiger partial charge in [-0.05, 0) is 31.5 Å². The Balaban J connectivity index is 1.64. The van der Waals surface area contributed by atoms with Crippen molar-refractivity contribution in [2.24, 2.45) is 5.92 Å². The number of benzene rings is 1. The fraction of sp³-hybridized carbons (Fsp3) is 0.500. The molecule has 0 aromatic heterocycles. The zero-order valence-corrected chi connectivity index (χ0v) is 8.74. The van der Waals surface area contributed by atoms with Crippen LogP contribution in [0.3, 0.4) is 0 Å². The van der Waals surface area contributed by atoms with Gasteiger partial charge < -0.3 is 10.2 Å². The summed E-state index contributed by atoms with van der Waals surface area (Å²) < 4.78 is 0. The topological polar surface area (TPSA) is 15.3 Å². The largest absolute Gasteiger partial charge is 0.385 e. The fourth-order valence-corrected chi connectivity index (χ4v) is 1.99. The van der Waals surface area contributed by atoms with Crippen LogP contribution in [0.2, 0.25) is 0 Å². The Morgan fingerprint density at radius 1 is 1.29 bits per heavy atom. The summed E-state index contributed by atoms with van der Waals surface area (Å²) in [6, 6.07) is 10.4. The van der Waals surface area contributed by atoms with E-state index >= 15 is 0 Å². The molecular weight excluding hydrogens is 172 g/mol. The smallest absolute Gasteiger partial charge is 0.0340 e. The normalized spacial score (nSPS) is 17.8. The lowest BCUT2D eigenvalue weighted by Crippen LogP contribution is -2.44. The van der Waals surface area contributed by atoms with E-state index in [-0.39, 0.29) is 0 Å². The average Bonchev–Trinajstić information content (AvgIpc) is 2.17. The van der Waals surface area contributed by atoms with Crippen molar-refractivity contribution >= 4 is 5.69 Å². The van der Waals surface area contributed by atoms with Crippen molar-refractivity contribution in [2.45, 2.75) is 6.42 Å². The van der Waals surface area contributed by atoms with Gasteiger partial charge in [0.25, 0.3) is 0 Å². The third-order valence-corrected chi connectivity index (χ3v) is 2.80. The summed E-state index contributed by atoms with van der Waals surface area (Å²) in [5.74, 6) is 0.913. The second-order valence-electron chi connectivity index (χ2n) is 4.17. The standard InChI is InChI=1S/C12H18N2/c1-14-9-11(10-14)7-8-13-12-5-3-2-4-6-12/h2-6,11,13H,7-10H2,1H3. The van der Waals surface area contributed by atoms with Crippen molar-refractivity contribution in [3.8, 4) is 0 Å². The lowest BCUT2D eigenvalue weighted by Gasteiger charge is -2.36. The molecule has 1 aliphatic heterocycles. The van der Waals surface area contributed by atoms with Gasteiger partial charge in [-0.2, -0.15) is 0 Å². The Morgan fingerprint density at radius 3 is 2.64 bits per heavy atom. The summed E-state index contributed by atoms with van der Waals surface area (Å²) in [4.78, 5) is 2.37. The molecule has 2 heteroatoms. The fourth-order valence-electron chi connectivity index (χ4n) is 1.99. The maximum atomic E-state index is 3.44. The summed E-state index contributed by atoms with van der Waals surface area (Å²) in [6.45, 7) is 3.65. The van der Waals surface area contributed by atoms with Crippen LogP contribution in [-0.4, -0.2) is 31.6 Å². The van der Waals surface area contributed by atoms with Crippen LogP contribution in [-0.2, 0) is 0 Å². The van der Waals surface area contributed by atoms with E-state index in [2.05, 4.69) is 41.5 Å². The number of rotatable bonds is 4. The minimum absolute atomic E-state index is 0.913. The van der Waals surface area contributed by atoms with Gasteiger partial charge >= 0.3 is 0 Å². The second kappa shape index (κ2) is 4.47. The predicted octanol–water partition coefficient (Wildman–Crippen LogP) is 2.05. The summed E-state index contributed by atoms with van der Waals surface area (Å²) in [5, 5.41) is 3.44. The van der Waals surface area contributed by atoms with Crippen molar-refractivity contribution in [3.63, 3.8) is 0 Å². The first kappa shape index (κ1) is 9.53. The van der Waals surface area contributed by atoms with Gasteiger partial charge in [-0.25, -0.2) is 0 Å². The molecule has 0 aliphatic carbocycles. The van der Waals surface area contributed by atoms with E-state index in [1.165, 1.54) is 25.2 Å². The van der Waals surface area contributed by atoms with Crippen LogP contribution in [0, 0.1) is 5.92 Å². The van der Waals surface area contributed by atoms with Gasteiger partial charge in [0, 0.05) is 25.3 Å². The highest BCUT2D eigenvalue weighted by Crippen LogP contribution is 2.16. The van der Waals surface area contributed by atoms with E-state index < -0.39 is 0 Å². The predicted molar refractivity (Wildman–Crippen MR) is 60.5 cm³/mol. The van der Waals surface area contributed by atoms with Gasteiger partial charge in [0.1, 0.15) is 0 Å². The summed E-state index contributed by atoms with van der Waals surface area (Å²) in [5.41, 5.74) is 1.24. The number of para-hydroxylation sites is 1. The van der Waals surface area contributed by atoms with Crippen LogP contribution in [0.5, 0.6) is 0 Å². The lowest BCUT2D eigenvalue weighted by molar-refractivity contribution is 0.130. The Bertz CT molecular complexity index is 265. The van der Waals surface area contributed by atoms with Crippen LogP contribution in [0.4, 0.5) is 5.69 Å². The molecule has 1 aromatic carbocycles. The zero-order chi connectivity index (χ0) is 9.80. The van der Waals surface area contributed by atoms with E-state index in [4.69, 9.17) is 0 Å². The number of hydrogen-bond donors (Lipinski definition) is 1. The highest BCUT2D eigenvalue weighted by Gasteiger charge is 2.21. The van der Waals surface area contributed by atoms with E-state index in [0.717, 1.165) is 12.5 Å². The maximum absolute atomic E-state index is 3.44. The van der Waals surface area contributed by atoms with Crippen LogP contribution in [0.15, 0.2) is 30.3 Å². The van der Waals surface area contributed by atoms with Crippen LogP contribution < -0.4 is 5.32 Å². The molecule has 0 atom stereocenters. The third kappa shape index (κ3) is 2.48. The van der Waals surface area contributed by atoms with Gasteiger partial charge in [-0.1, -0.05) is 18.2 Å². The first-order valence-corrected chi connectivity index (χ1v) is 5.32. The summed E-state index contributed by atoms with van der Waals surface area (Å²) in [6.07, 6.45) is 1.29. The maximum Gasteiger partial charge on any atom is 0.0340 e. The third-order valence-electron chi connectivity index (χ3n) is 2.80. The first-order chi connectivity index (χ1) is 6.84. The molecule has 0 spiro atoms. The van der Waals surface area contributed by atoms with Gasteiger partial charge in [0.15, 0.2) is 0 Å². The lowest BCUT2D eigenvalue weighted by atomic mass is 9.97. The van der Waals surface area contributed by atoms with Crippen molar-refractivity contribution < 1.29 is 0 Å². The average molecular weight is 190 g/mol. The van der Waals surface area contributed by atoms with Gasteiger partial charge in [-0.3, -0.25) is 0 Å². The number of likely N-dealkylation sites (tertiary alicyclic amines) is 1. The van der Waals surface area contributed by atoms with E-state index in [1.807, 2.05) is 6.07 Å². The number of hydrogen-bond acceptors (Lipinski definition) is 2. The molecule has 2 rings (SSSR count). The molecule has 0 amide bonds. The summed E-state index contributed by atoms with van der Waals surface area (Å²) in [7, 11) is 2.18. The van der Waals surface area contributed by atoms with Gasteiger partial charge in [0.05, 0.1) is 0 Å². The zero-order valence-electron chi connectivity index (χ0n) is 8.74. The second-order valence-corrected chi connectivity index (χ2v) is 4.17. The minimum atomic E-state index is 0.913. The molecule has 0 radical (unpaired) electrons. The quantitative estimate of drug-likeness (QED) is 0.781. The molecule has 1 aliphatic rings. The van der Waals surface area contributed by atoms with Crippen LogP contribution >= 0.6 is 0 Å². The van der Waals surface area contributed by atoms with E-state index in [9.17, 15) is 0 Å². The number of nitrogens with zero attached hydrogens (tertiary/aromatic N) is 1. The highest BCUT2D eigenvalue weighted by molar-refractivity contribution is 5.42. The van der Waals surface area contributed by atoms with Gasteiger partial charge in [-0.15, -0.1) is 0 Å². The monoisotopic (exact) mass is 190 g/mol. The molecule has 14 heavy (non-hydrogen) atoms. The Kier molecular flexibility index (Phi) is 3.04. The Hall–Kier alpha value is -1.02. The molecule has 0 bridgehead atoms. The summed E-state index contributed by atoms with van der Waals surface area (Å²) >= 11 is 0. The van der Waals surface area contributed by atoms with Gasteiger partial charge in [0.2, 0.25) is 0 Å². The first-order valence-electron chi connectivity index (χ1n) is 5.32. The van der Waals surface area contributed by atoms with E-state index in [1.54, 1.807) is 0 Å². The molecule has 1 aromatic rings.